The maximum atomic E-state index is 11.0. The first kappa shape index (κ1) is 11.7. The Bertz CT molecular complexity index is 409. The zero-order valence-corrected chi connectivity index (χ0v) is 8.88. The van der Waals surface area contributed by atoms with Gasteiger partial charge in [-0.15, -0.1) is 0 Å². The molecule has 0 heterocycles. The second-order valence-electron chi connectivity index (χ2n) is 2.66. The highest BCUT2D eigenvalue weighted by Gasteiger charge is 2.11. The molecule has 0 fully saturated rings. The summed E-state index contributed by atoms with van der Waals surface area (Å²) in [6, 6.07) is 4.43. The predicted molar refractivity (Wildman–Crippen MR) is 57.0 cm³/mol. The van der Waals surface area contributed by atoms with E-state index < -0.39 is 17.4 Å². The number of hydrogen-bond acceptors (Lipinski definition) is 3. The van der Waals surface area contributed by atoms with Crippen molar-refractivity contribution in [2.45, 2.75) is 0 Å². The van der Waals surface area contributed by atoms with Crippen molar-refractivity contribution in [3.8, 4) is 0 Å². The lowest BCUT2D eigenvalue weighted by Gasteiger charge is -2.04. The van der Waals surface area contributed by atoms with E-state index in [0.717, 1.165) is 0 Å². The van der Waals surface area contributed by atoms with E-state index in [0.29, 0.717) is 10.7 Å². The molecule has 0 bridgehead atoms. The minimum atomic E-state index is -0.793. The summed E-state index contributed by atoms with van der Waals surface area (Å²) in [4.78, 5) is 20.3. The number of hydrogen-bond donors (Lipinski definition) is 1. The molecule has 0 aliphatic carbocycles. The Morgan fingerprint density at radius 1 is 1.47 bits per heavy atom. The van der Waals surface area contributed by atoms with Gasteiger partial charge in [-0.05, 0) is 18.2 Å². The molecule has 1 rings (SSSR count). The van der Waals surface area contributed by atoms with Crippen molar-refractivity contribution in [1.29, 1.82) is 0 Å². The summed E-state index contributed by atoms with van der Waals surface area (Å²) >= 11 is 11.4. The predicted octanol–water partition coefficient (Wildman–Crippen LogP) is 2.21. The van der Waals surface area contributed by atoms with Crippen LogP contribution in [0, 0.1) is 10.1 Å². The fourth-order valence-electron chi connectivity index (χ4n) is 0.898. The van der Waals surface area contributed by atoms with Crippen LogP contribution in [0.2, 0.25) is 10.0 Å². The lowest BCUT2D eigenvalue weighted by molar-refractivity contribution is -0.467. The van der Waals surface area contributed by atoms with Crippen molar-refractivity contribution in [3.63, 3.8) is 0 Å². The minimum absolute atomic E-state index is 0.235. The first-order valence-electron chi connectivity index (χ1n) is 3.86. The molecular formula is C8H6Cl2N2O3. The van der Waals surface area contributed by atoms with Gasteiger partial charge in [-0.3, -0.25) is 14.9 Å². The molecule has 0 spiro atoms. The fourth-order valence-corrected chi connectivity index (χ4v) is 1.35. The number of nitro groups is 1. The van der Waals surface area contributed by atoms with Crippen LogP contribution in [-0.4, -0.2) is 17.4 Å². The SMILES string of the molecule is O=C(C[N+](=O)[O-])Nc1ccc(Cl)cc1Cl. The van der Waals surface area contributed by atoms with E-state index in [2.05, 4.69) is 5.32 Å². The number of benzene rings is 1. The Morgan fingerprint density at radius 3 is 2.67 bits per heavy atom. The zero-order chi connectivity index (χ0) is 11.4. The maximum Gasteiger partial charge on any atom is 0.296 e. The van der Waals surface area contributed by atoms with Crippen molar-refractivity contribution in [2.75, 3.05) is 11.9 Å². The average Bonchev–Trinajstić information content (AvgIpc) is 2.08. The van der Waals surface area contributed by atoms with E-state index in [1.54, 1.807) is 0 Å². The fraction of sp³-hybridized carbons (Fsp3) is 0.125. The molecule has 0 aliphatic heterocycles. The van der Waals surface area contributed by atoms with E-state index >= 15 is 0 Å². The Labute approximate surface area is 95.1 Å². The van der Waals surface area contributed by atoms with Gasteiger partial charge in [0.05, 0.1) is 10.7 Å². The lowest BCUT2D eigenvalue weighted by atomic mass is 10.3. The van der Waals surface area contributed by atoms with Crippen LogP contribution >= 0.6 is 23.2 Å². The van der Waals surface area contributed by atoms with E-state index in [9.17, 15) is 14.9 Å². The van der Waals surface area contributed by atoms with Gasteiger partial charge in [-0.2, -0.15) is 0 Å². The number of amides is 1. The van der Waals surface area contributed by atoms with Crippen LogP contribution in [0.25, 0.3) is 0 Å². The zero-order valence-electron chi connectivity index (χ0n) is 7.37. The summed E-state index contributed by atoms with van der Waals surface area (Å²) in [6.45, 7) is -0.793. The summed E-state index contributed by atoms with van der Waals surface area (Å²) in [5.74, 6) is -0.732. The molecule has 0 unspecified atom stereocenters. The van der Waals surface area contributed by atoms with Gasteiger partial charge < -0.3 is 5.32 Å². The highest BCUT2D eigenvalue weighted by atomic mass is 35.5. The number of rotatable bonds is 3. The Balaban J connectivity index is 2.72. The molecule has 0 atom stereocenters. The molecule has 1 aromatic carbocycles. The van der Waals surface area contributed by atoms with Gasteiger partial charge in [0.15, 0.2) is 0 Å². The van der Waals surface area contributed by atoms with Gasteiger partial charge in [0, 0.05) is 9.95 Å². The summed E-state index contributed by atoms with van der Waals surface area (Å²) in [5.41, 5.74) is 0.299. The Hall–Kier alpha value is -1.33. The second-order valence-corrected chi connectivity index (χ2v) is 3.51. The van der Waals surface area contributed by atoms with Crippen LogP contribution in [0.1, 0.15) is 0 Å². The highest BCUT2D eigenvalue weighted by Crippen LogP contribution is 2.25. The summed E-state index contributed by atoms with van der Waals surface area (Å²) in [7, 11) is 0. The molecule has 0 saturated carbocycles. The number of nitrogens with one attached hydrogen (secondary N) is 1. The largest absolute Gasteiger partial charge is 0.319 e. The molecule has 7 heteroatoms. The van der Waals surface area contributed by atoms with Crippen LogP contribution in [0.5, 0.6) is 0 Å². The van der Waals surface area contributed by atoms with Crippen molar-refractivity contribution in [2.24, 2.45) is 0 Å². The number of carbonyl (C=O) groups excluding carboxylic acids is 1. The standard InChI is InChI=1S/C8H6Cl2N2O3/c9-5-1-2-7(6(10)3-5)11-8(13)4-12(14)15/h1-3H,4H2,(H,11,13). The maximum absolute atomic E-state index is 11.0. The van der Waals surface area contributed by atoms with Gasteiger partial charge in [0.2, 0.25) is 0 Å². The van der Waals surface area contributed by atoms with Gasteiger partial charge in [-0.1, -0.05) is 23.2 Å². The van der Waals surface area contributed by atoms with Gasteiger partial charge >= 0.3 is 0 Å². The number of anilines is 1. The van der Waals surface area contributed by atoms with Crippen molar-refractivity contribution < 1.29 is 9.72 Å². The number of nitrogens with zero attached hydrogens (tertiary/aromatic N) is 1. The van der Waals surface area contributed by atoms with E-state index in [-0.39, 0.29) is 5.02 Å². The number of carbonyl (C=O) groups is 1. The van der Waals surface area contributed by atoms with Gasteiger partial charge in [0.1, 0.15) is 0 Å². The van der Waals surface area contributed by atoms with Crippen LogP contribution in [-0.2, 0) is 4.79 Å². The summed E-state index contributed by atoms with van der Waals surface area (Å²) in [6.07, 6.45) is 0. The monoisotopic (exact) mass is 248 g/mol. The van der Waals surface area contributed by atoms with Crippen LogP contribution in [0.4, 0.5) is 5.69 Å². The average molecular weight is 249 g/mol. The third kappa shape index (κ3) is 3.73. The molecule has 0 aromatic heterocycles. The smallest absolute Gasteiger partial charge is 0.296 e. The molecule has 15 heavy (non-hydrogen) atoms. The summed E-state index contributed by atoms with van der Waals surface area (Å²) in [5, 5.41) is 13.0. The molecule has 0 aliphatic rings. The third-order valence-corrected chi connectivity index (χ3v) is 2.03. The first-order valence-corrected chi connectivity index (χ1v) is 4.61. The normalized spacial score (nSPS) is 9.73. The van der Waals surface area contributed by atoms with Crippen LogP contribution < -0.4 is 5.32 Å². The molecular weight excluding hydrogens is 243 g/mol. The molecule has 1 aromatic rings. The molecule has 1 N–H and O–H groups in total. The van der Waals surface area contributed by atoms with Crippen molar-refractivity contribution in [3.05, 3.63) is 38.4 Å². The quantitative estimate of drug-likeness (QED) is 0.659. The minimum Gasteiger partial charge on any atom is -0.319 e. The third-order valence-electron chi connectivity index (χ3n) is 1.48. The Morgan fingerprint density at radius 2 is 2.13 bits per heavy atom. The molecule has 80 valence electrons. The van der Waals surface area contributed by atoms with E-state index in [4.69, 9.17) is 23.2 Å². The summed E-state index contributed by atoms with van der Waals surface area (Å²) < 4.78 is 0. The molecule has 1 amide bonds. The molecule has 0 saturated heterocycles. The van der Waals surface area contributed by atoms with Gasteiger partial charge in [0.25, 0.3) is 12.5 Å². The van der Waals surface area contributed by atoms with Crippen molar-refractivity contribution >= 4 is 34.8 Å². The molecule has 5 nitrogen and oxygen atoms in total. The second kappa shape index (κ2) is 4.95. The first-order chi connectivity index (χ1) is 6.99. The topological polar surface area (TPSA) is 72.2 Å². The lowest BCUT2D eigenvalue weighted by Crippen LogP contribution is -2.21. The number of halogens is 2. The van der Waals surface area contributed by atoms with Crippen molar-refractivity contribution in [1.82, 2.24) is 0 Å². The van der Waals surface area contributed by atoms with Gasteiger partial charge in [-0.25, -0.2) is 0 Å². The highest BCUT2D eigenvalue weighted by molar-refractivity contribution is 6.36. The van der Waals surface area contributed by atoms with E-state index in [1.807, 2.05) is 0 Å². The molecule has 0 radical (unpaired) electrons. The van der Waals surface area contributed by atoms with Crippen LogP contribution in [0.3, 0.4) is 0 Å². The van der Waals surface area contributed by atoms with E-state index in [1.165, 1.54) is 18.2 Å². The van der Waals surface area contributed by atoms with Crippen LogP contribution in [0.15, 0.2) is 18.2 Å². The Kier molecular flexibility index (Phi) is 3.88.